The molecule has 0 aliphatic heterocycles. The smallest absolute Gasteiger partial charge is 0.311 e. The second kappa shape index (κ2) is 7.58. The zero-order chi connectivity index (χ0) is 17.0. The van der Waals surface area contributed by atoms with Crippen molar-refractivity contribution < 1.29 is 18.8 Å². The highest BCUT2D eigenvalue weighted by Crippen LogP contribution is 2.39. The summed E-state index contributed by atoms with van der Waals surface area (Å²) in [6, 6.07) is 7.53. The van der Waals surface area contributed by atoms with Crippen LogP contribution < -0.4 is 0 Å². The lowest BCUT2D eigenvalue weighted by Gasteiger charge is -2.42. The number of ether oxygens (including phenoxy) is 1. The molecule has 0 spiro atoms. The van der Waals surface area contributed by atoms with Crippen LogP contribution in [0.4, 0.5) is 0 Å². The van der Waals surface area contributed by atoms with Gasteiger partial charge in [-0.15, -0.1) is 0 Å². The minimum absolute atomic E-state index is 0.283. The highest BCUT2D eigenvalue weighted by atomic mass is 32.2. The number of benzene rings is 1. The van der Waals surface area contributed by atoms with Crippen molar-refractivity contribution in [1.29, 1.82) is 0 Å². The van der Waals surface area contributed by atoms with Gasteiger partial charge in [-0.3, -0.25) is 9.00 Å². The molecule has 23 heavy (non-hydrogen) atoms. The predicted molar refractivity (Wildman–Crippen MR) is 90.6 cm³/mol. The molecule has 0 unspecified atom stereocenters. The maximum absolute atomic E-state index is 13.0. The van der Waals surface area contributed by atoms with Gasteiger partial charge in [-0.05, 0) is 45.7 Å². The molecule has 2 rings (SSSR count). The standard InChI is InChI=1S/C18H26O4S/c1-4-22-17(19)14(3)18(20)12-6-5-7-16(18)23(21)15-10-8-13(2)9-11-15/h8-11,14,16,20H,4-7,12H2,1-3H3/t14-,16-,18-,23-/m0/s1. The Balaban J connectivity index is 2.28. The van der Waals surface area contributed by atoms with Crippen LogP contribution in [0.15, 0.2) is 29.2 Å². The van der Waals surface area contributed by atoms with E-state index in [-0.39, 0.29) is 6.61 Å². The summed E-state index contributed by atoms with van der Waals surface area (Å²) in [6.45, 7) is 5.69. The van der Waals surface area contributed by atoms with Crippen molar-refractivity contribution in [2.45, 2.75) is 62.2 Å². The van der Waals surface area contributed by atoms with Crippen LogP contribution in [0.2, 0.25) is 0 Å². The number of aryl methyl sites for hydroxylation is 1. The summed E-state index contributed by atoms with van der Waals surface area (Å²) in [6.07, 6.45) is 2.89. The molecule has 1 aromatic rings. The van der Waals surface area contributed by atoms with E-state index >= 15 is 0 Å². The summed E-state index contributed by atoms with van der Waals surface area (Å²) in [5.41, 5.74) is -0.176. The van der Waals surface area contributed by atoms with E-state index in [1.54, 1.807) is 13.8 Å². The summed E-state index contributed by atoms with van der Waals surface area (Å²) < 4.78 is 18.1. The Hall–Kier alpha value is -1.20. The zero-order valence-corrected chi connectivity index (χ0v) is 14.9. The van der Waals surface area contributed by atoms with Gasteiger partial charge in [0.1, 0.15) is 0 Å². The summed E-state index contributed by atoms with van der Waals surface area (Å²) >= 11 is 0. The average molecular weight is 338 g/mol. The quantitative estimate of drug-likeness (QED) is 0.838. The number of carbonyl (C=O) groups is 1. The zero-order valence-electron chi connectivity index (χ0n) is 14.1. The fraction of sp³-hybridized carbons (Fsp3) is 0.611. The van der Waals surface area contributed by atoms with E-state index < -0.39 is 33.5 Å². The highest BCUT2D eigenvalue weighted by molar-refractivity contribution is 7.85. The van der Waals surface area contributed by atoms with Crippen LogP contribution in [-0.4, -0.2) is 32.7 Å². The van der Waals surface area contributed by atoms with Crippen molar-refractivity contribution in [3.63, 3.8) is 0 Å². The largest absolute Gasteiger partial charge is 0.466 e. The molecule has 1 aliphatic carbocycles. The molecular weight excluding hydrogens is 312 g/mol. The van der Waals surface area contributed by atoms with Crippen LogP contribution in [0.25, 0.3) is 0 Å². The first-order valence-electron chi connectivity index (χ1n) is 8.26. The number of hydrogen-bond acceptors (Lipinski definition) is 4. The van der Waals surface area contributed by atoms with E-state index in [4.69, 9.17) is 4.74 Å². The van der Waals surface area contributed by atoms with E-state index in [2.05, 4.69) is 0 Å². The molecule has 1 aromatic carbocycles. The van der Waals surface area contributed by atoms with Crippen molar-refractivity contribution >= 4 is 16.8 Å². The molecule has 1 fully saturated rings. The van der Waals surface area contributed by atoms with Crippen molar-refractivity contribution in [2.24, 2.45) is 5.92 Å². The van der Waals surface area contributed by atoms with E-state index in [1.807, 2.05) is 31.2 Å². The van der Waals surface area contributed by atoms with Crippen LogP contribution in [0.5, 0.6) is 0 Å². The predicted octanol–water partition coefficient (Wildman–Crippen LogP) is 2.98. The van der Waals surface area contributed by atoms with Gasteiger partial charge in [0, 0.05) is 4.90 Å². The van der Waals surface area contributed by atoms with E-state index in [0.29, 0.717) is 17.7 Å². The molecule has 0 aromatic heterocycles. The molecule has 4 nitrogen and oxygen atoms in total. The van der Waals surface area contributed by atoms with Crippen molar-refractivity contribution in [1.82, 2.24) is 0 Å². The van der Waals surface area contributed by atoms with Gasteiger partial charge in [0.15, 0.2) is 0 Å². The fourth-order valence-corrected chi connectivity index (χ4v) is 5.05. The third-order valence-corrected chi connectivity index (χ3v) is 6.65. The Morgan fingerprint density at radius 3 is 2.65 bits per heavy atom. The molecule has 0 bridgehead atoms. The molecule has 128 valence electrons. The fourth-order valence-electron chi connectivity index (χ4n) is 3.24. The lowest BCUT2D eigenvalue weighted by Crippen LogP contribution is -2.54. The monoisotopic (exact) mass is 338 g/mol. The summed E-state index contributed by atoms with van der Waals surface area (Å²) in [5, 5.41) is 10.7. The van der Waals surface area contributed by atoms with Crippen LogP contribution in [0.1, 0.15) is 45.1 Å². The molecule has 4 atom stereocenters. The van der Waals surface area contributed by atoms with Gasteiger partial charge in [-0.1, -0.05) is 30.5 Å². The molecule has 1 aliphatic rings. The number of rotatable bonds is 5. The third-order valence-electron chi connectivity index (χ3n) is 4.75. The lowest BCUT2D eigenvalue weighted by molar-refractivity contribution is -0.159. The Labute approximate surface area is 140 Å². The van der Waals surface area contributed by atoms with E-state index in [0.717, 1.165) is 18.4 Å². The molecule has 0 heterocycles. The summed E-state index contributed by atoms with van der Waals surface area (Å²) in [4.78, 5) is 12.8. The molecule has 0 amide bonds. The number of hydrogen-bond donors (Lipinski definition) is 1. The Morgan fingerprint density at radius 2 is 2.04 bits per heavy atom. The minimum atomic E-state index is -1.35. The van der Waals surface area contributed by atoms with Gasteiger partial charge in [0.25, 0.3) is 0 Å². The number of carbonyl (C=O) groups excluding carboxylic acids is 1. The van der Waals surface area contributed by atoms with Gasteiger partial charge in [0.05, 0.1) is 34.2 Å². The first-order valence-corrected chi connectivity index (χ1v) is 9.47. The third kappa shape index (κ3) is 3.83. The highest BCUT2D eigenvalue weighted by Gasteiger charge is 2.49. The average Bonchev–Trinajstić information content (AvgIpc) is 2.55. The molecule has 1 saturated carbocycles. The maximum atomic E-state index is 13.0. The number of aliphatic hydroxyl groups is 1. The second-order valence-electron chi connectivity index (χ2n) is 6.31. The van der Waals surface area contributed by atoms with Crippen LogP contribution in [0.3, 0.4) is 0 Å². The maximum Gasteiger partial charge on any atom is 0.311 e. The Morgan fingerprint density at radius 1 is 1.39 bits per heavy atom. The van der Waals surface area contributed by atoms with Crippen molar-refractivity contribution in [3.05, 3.63) is 29.8 Å². The Kier molecular flexibility index (Phi) is 5.98. The first-order chi connectivity index (χ1) is 10.9. The summed E-state index contributed by atoms with van der Waals surface area (Å²) in [5.74, 6) is -1.09. The van der Waals surface area contributed by atoms with Crippen LogP contribution in [-0.2, 0) is 20.3 Å². The molecule has 1 N–H and O–H groups in total. The second-order valence-corrected chi connectivity index (χ2v) is 7.95. The molecule has 0 saturated heterocycles. The SMILES string of the molecule is CCOC(=O)[C@H](C)[C@@]1(O)CCCC[C@@H]1[S@@](=O)c1ccc(C)cc1. The summed E-state index contributed by atoms with van der Waals surface area (Å²) in [7, 11) is -1.35. The molecule has 0 radical (unpaired) electrons. The van der Waals surface area contributed by atoms with E-state index in [9.17, 15) is 14.1 Å². The van der Waals surface area contributed by atoms with Crippen molar-refractivity contribution in [2.75, 3.05) is 6.61 Å². The van der Waals surface area contributed by atoms with Crippen LogP contribution in [0, 0.1) is 12.8 Å². The van der Waals surface area contributed by atoms with Gasteiger partial charge in [-0.25, -0.2) is 0 Å². The van der Waals surface area contributed by atoms with Gasteiger partial charge in [-0.2, -0.15) is 0 Å². The van der Waals surface area contributed by atoms with Crippen LogP contribution >= 0.6 is 0 Å². The topological polar surface area (TPSA) is 63.6 Å². The molecular formula is C18H26O4S. The number of esters is 1. The van der Waals surface area contributed by atoms with E-state index in [1.165, 1.54) is 0 Å². The van der Waals surface area contributed by atoms with Gasteiger partial charge >= 0.3 is 5.97 Å². The molecule has 5 heteroatoms. The first kappa shape index (κ1) is 18.1. The van der Waals surface area contributed by atoms with Gasteiger partial charge < -0.3 is 9.84 Å². The lowest BCUT2D eigenvalue weighted by atomic mass is 9.76. The van der Waals surface area contributed by atoms with Gasteiger partial charge in [0.2, 0.25) is 0 Å². The normalized spacial score (nSPS) is 27.2. The minimum Gasteiger partial charge on any atom is -0.466 e. The Bertz CT molecular complexity index is 569. The van der Waals surface area contributed by atoms with Crippen molar-refractivity contribution in [3.8, 4) is 0 Å².